The SMILES string of the molecule is CC(C)(C)OC(=O)N1CCC[C@H]1C(=O)NC(=N)N(CCC[C@H](N)C(=O)O)C(=O)OCc1ccccc1. The molecule has 0 bridgehead atoms. The standard InChI is InChI=1S/C24H35N5O7/c1-24(2,3)36-23(34)28-13-8-12-18(28)19(30)27-21(26)29(14-7-11-17(25)20(31)32)22(33)35-15-16-9-5-4-6-10-16/h4-6,9-10,17-18H,7-8,11-15,25H2,1-3H3,(H,31,32)(H2,26,27,30)/t17-,18-/m0/s1. The normalized spacial score (nSPS) is 16.1. The van der Waals surface area contributed by atoms with Gasteiger partial charge < -0.3 is 20.3 Å². The van der Waals surface area contributed by atoms with Gasteiger partial charge in [-0.1, -0.05) is 30.3 Å². The third-order valence-electron chi connectivity index (χ3n) is 5.33. The fourth-order valence-electron chi connectivity index (χ4n) is 3.53. The van der Waals surface area contributed by atoms with Crippen LogP contribution < -0.4 is 11.1 Å². The molecule has 0 saturated carbocycles. The van der Waals surface area contributed by atoms with Crippen LogP contribution in [0.15, 0.2) is 30.3 Å². The molecule has 36 heavy (non-hydrogen) atoms. The van der Waals surface area contributed by atoms with Crippen molar-refractivity contribution in [3.05, 3.63) is 35.9 Å². The minimum Gasteiger partial charge on any atom is -0.480 e. The zero-order valence-corrected chi connectivity index (χ0v) is 20.9. The van der Waals surface area contributed by atoms with Crippen molar-refractivity contribution in [1.82, 2.24) is 15.1 Å². The first-order valence-electron chi connectivity index (χ1n) is 11.7. The van der Waals surface area contributed by atoms with Crippen LogP contribution in [0.25, 0.3) is 0 Å². The van der Waals surface area contributed by atoms with Crippen LogP contribution >= 0.6 is 0 Å². The number of carboxylic acids is 1. The number of rotatable bonds is 8. The Morgan fingerprint density at radius 1 is 1.25 bits per heavy atom. The minimum atomic E-state index is -1.18. The van der Waals surface area contributed by atoms with Crippen molar-refractivity contribution in [3.8, 4) is 0 Å². The highest BCUT2D eigenvalue weighted by molar-refractivity contribution is 6.03. The van der Waals surface area contributed by atoms with Crippen LogP contribution in [0.3, 0.4) is 0 Å². The predicted octanol–water partition coefficient (Wildman–Crippen LogP) is 2.27. The van der Waals surface area contributed by atoms with Crippen LogP contribution in [0.2, 0.25) is 0 Å². The van der Waals surface area contributed by atoms with Gasteiger partial charge in [0.2, 0.25) is 11.9 Å². The maximum atomic E-state index is 12.9. The van der Waals surface area contributed by atoms with Crippen molar-refractivity contribution < 1.29 is 33.8 Å². The smallest absolute Gasteiger partial charge is 0.416 e. The van der Waals surface area contributed by atoms with E-state index in [9.17, 15) is 19.2 Å². The van der Waals surface area contributed by atoms with Crippen molar-refractivity contribution in [2.24, 2.45) is 5.73 Å². The lowest BCUT2D eigenvalue weighted by Gasteiger charge is -2.29. The first-order valence-corrected chi connectivity index (χ1v) is 11.7. The van der Waals surface area contributed by atoms with E-state index in [1.165, 1.54) is 4.90 Å². The number of hydrogen-bond acceptors (Lipinski definition) is 8. The summed E-state index contributed by atoms with van der Waals surface area (Å²) < 4.78 is 10.7. The highest BCUT2D eigenvalue weighted by Gasteiger charge is 2.37. The van der Waals surface area contributed by atoms with E-state index in [4.69, 9.17) is 25.7 Å². The van der Waals surface area contributed by atoms with Gasteiger partial charge in [-0.3, -0.25) is 25.2 Å². The van der Waals surface area contributed by atoms with Gasteiger partial charge in [0.1, 0.15) is 24.3 Å². The molecule has 1 aliphatic heterocycles. The number of hydrogen-bond donors (Lipinski definition) is 4. The lowest BCUT2D eigenvalue weighted by Crippen LogP contribution is -2.53. The average Bonchev–Trinajstić information content (AvgIpc) is 3.30. The summed E-state index contributed by atoms with van der Waals surface area (Å²) >= 11 is 0. The van der Waals surface area contributed by atoms with Gasteiger partial charge in [0.05, 0.1) is 0 Å². The quantitative estimate of drug-likeness (QED) is 0.307. The van der Waals surface area contributed by atoms with E-state index in [0.29, 0.717) is 19.4 Å². The Balaban J connectivity index is 2.06. The van der Waals surface area contributed by atoms with Gasteiger partial charge in [-0.25, -0.2) is 14.5 Å². The third kappa shape index (κ3) is 8.84. The number of amides is 3. The molecule has 3 amide bonds. The molecule has 12 nitrogen and oxygen atoms in total. The molecule has 1 aromatic rings. The fourth-order valence-corrected chi connectivity index (χ4v) is 3.53. The summed E-state index contributed by atoms with van der Waals surface area (Å²) in [5.41, 5.74) is 5.53. The zero-order chi connectivity index (χ0) is 26.9. The van der Waals surface area contributed by atoms with Gasteiger partial charge in [0.15, 0.2) is 0 Å². The number of carbonyl (C=O) groups excluding carboxylic acids is 3. The predicted molar refractivity (Wildman–Crippen MR) is 130 cm³/mol. The molecular weight excluding hydrogens is 470 g/mol. The number of carbonyl (C=O) groups is 4. The number of carboxylic acid groups (broad SMARTS) is 1. The van der Waals surface area contributed by atoms with Crippen LogP contribution in [0.4, 0.5) is 9.59 Å². The van der Waals surface area contributed by atoms with E-state index in [1.807, 2.05) is 6.07 Å². The molecule has 198 valence electrons. The Hall–Kier alpha value is -3.67. The second-order valence-electron chi connectivity index (χ2n) is 9.45. The van der Waals surface area contributed by atoms with Gasteiger partial charge >= 0.3 is 18.2 Å². The van der Waals surface area contributed by atoms with Crippen LogP contribution in [-0.4, -0.2) is 75.7 Å². The Labute approximate surface area is 210 Å². The molecule has 0 radical (unpaired) electrons. The molecule has 2 atom stereocenters. The number of aliphatic carboxylic acids is 1. The Morgan fingerprint density at radius 2 is 1.92 bits per heavy atom. The van der Waals surface area contributed by atoms with Crippen molar-refractivity contribution in [1.29, 1.82) is 5.41 Å². The monoisotopic (exact) mass is 505 g/mol. The van der Waals surface area contributed by atoms with Gasteiger partial charge in [-0.05, 0) is 52.0 Å². The summed E-state index contributed by atoms with van der Waals surface area (Å²) in [5.74, 6) is -2.36. The summed E-state index contributed by atoms with van der Waals surface area (Å²) in [5, 5.41) is 19.7. The van der Waals surface area contributed by atoms with Crippen LogP contribution in [0.1, 0.15) is 52.0 Å². The molecule has 1 saturated heterocycles. The number of guanidine groups is 1. The Bertz CT molecular complexity index is 948. The second-order valence-corrected chi connectivity index (χ2v) is 9.45. The lowest BCUT2D eigenvalue weighted by atomic mass is 10.1. The molecule has 5 N–H and O–H groups in total. The van der Waals surface area contributed by atoms with Gasteiger partial charge in [0.25, 0.3) is 0 Å². The van der Waals surface area contributed by atoms with E-state index in [2.05, 4.69) is 5.32 Å². The first kappa shape index (κ1) is 28.6. The fraction of sp³-hybridized carbons (Fsp3) is 0.542. The van der Waals surface area contributed by atoms with E-state index >= 15 is 0 Å². The molecule has 1 aliphatic rings. The van der Waals surface area contributed by atoms with E-state index in [1.54, 1.807) is 45.0 Å². The lowest BCUT2D eigenvalue weighted by molar-refractivity contribution is -0.138. The summed E-state index contributed by atoms with van der Waals surface area (Å²) in [6, 6.07) is 6.94. The highest BCUT2D eigenvalue weighted by atomic mass is 16.6. The molecular formula is C24H35N5O7. The third-order valence-corrected chi connectivity index (χ3v) is 5.33. The number of likely N-dealkylation sites (tertiary alicyclic amines) is 1. The maximum Gasteiger partial charge on any atom is 0.416 e. The van der Waals surface area contributed by atoms with Crippen molar-refractivity contribution in [3.63, 3.8) is 0 Å². The Kier molecular flexibility index (Phi) is 10.2. The molecule has 1 aromatic carbocycles. The van der Waals surface area contributed by atoms with E-state index in [0.717, 1.165) is 10.5 Å². The van der Waals surface area contributed by atoms with Crippen LogP contribution in [-0.2, 0) is 25.7 Å². The van der Waals surface area contributed by atoms with Gasteiger partial charge in [-0.15, -0.1) is 0 Å². The molecule has 0 aliphatic carbocycles. The molecule has 12 heteroatoms. The molecule has 1 heterocycles. The minimum absolute atomic E-state index is 0.0497. The van der Waals surface area contributed by atoms with Gasteiger partial charge in [-0.2, -0.15) is 0 Å². The average molecular weight is 506 g/mol. The second kappa shape index (κ2) is 12.9. The molecule has 2 rings (SSSR count). The summed E-state index contributed by atoms with van der Waals surface area (Å²) in [7, 11) is 0. The number of nitrogens with one attached hydrogen (secondary N) is 2. The topological polar surface area (TPSA) is 175 Å². The first-order chi connectivity index (χ1) is 16.9. The largest absolute Gasteiger partial charge is 0.480 e. The summed E-state index contributed by atoms with van der Waals surface area (Å²) in [6.07, 6.45) is -0.352. The highest BCUT2D eigenvalue weighted by Crippen LogP contribution is 2.21. The number of ether oxygens (including phenoxy) is 2. The zero-order valence-electron chi connectivity index (χ0n) is 20.9. The summed E-state index contributed by atoms with van der Waals surface area (Å²) in [4.78, 5) is 51.4. The van der Waals surface area contributed by atoms with Crippen molar-refractivity contribution >= 4 is 30.0 Å². The number of benzene rings is 1. The van der Waals surface area contributed by atoms with E-state index < -0.39 is 47.7 Å². The number of nitrogens with two attached hydrogens (primary N) is 1. The van der Waals surface area contributed by atoms with Crippen molar-refractivity contribution in [2.75, 3.05) is 13.1 Å². The molecule has 0 unspecified atom stereocenters. The van der Waals surface area contributed by atoms with E-state index in [-0.39, 0.29) is 26.0 Å². The van der Waals surface area contributed by atoms with Crippen LogP contribution in [0.5, 0.6) is 0 Å². The molecule has 0 aromatic heterocycles. The van der Waals surface area contributed by atoms with Gasteiger partial charge in [0, 0.05) is 13.1 Å². The molecule has 1 fully saturated rings. The maximum absolute atomic E-state index is 12.9. The number of nitrogens with zero attached hydrogens (tertiary/aromatic N) is 2. The Morgan fingerprint density at radius 3 is 2.53 bits per heavy atom. The summed E-state index contributed by atoms with van der Waals surface area (Å²) in [6.45, 7) is 5.34. The molecule has 0 spiro atoms. The van der Waals surface area contributed by atoms with Crippen molar-refractivity contribution in [2.45, 2.75) is 70.7 Å². The van der Waals surface area contributed by atoms with Crippen LogP contribution in [0, 0.1) is 5.41 Å².